The van der Waals surface area contributed by atoms with Crippen LogP contribution in [0.4, 0.5) is 0 Å². The van der Waals surface area contributed by atoms with Crippen molar-refractivity contribution >= 4 is 10.9 Å². The highest BCUT2D eigenvalue weighted by Gasteiger charge is 2.04. The molecule has 3 rings (SSSR count). The summed E-state index contributed by atoms with van der Waals surface area (Å²) in [6.45, 7) is 2.74. The molecule has 17 heavy (non-hydrogen) atoms. The van der Waals surface area contributed by atoms with Crippen molar-refractivity contribution in [1.82, 2.24) is 20.0 Å². The monoisotopic (exact) mass is 224 g/mol. The number of fused-ring (bicyclic) bond motifs is 1. The molecule has 0 atom stereocenters. The number of pyridine rings is 1. The van der Waals surface area contributed by atoms with E-state index in [0.717, 1.165) is 17.8 Å². The zero-order valence-corrected chi connectivity index (χ0v) is 9.54. The number of aromatic nitrogens is 4. The molecular formula is C13H12N4. The Bertz CT molecular complexity index is 644. The molecule has 0 radical (unpaired) electrons. The van der Waals surface area contributed by atoms with Gasteiger partial charge in [0.2, 0.25) is 0 Å². The molecule has 4 nitrogen and oxygen atoms in total. The maximum absolute atomic E-state index is 4.52. The third-order valence-electron chi connectivity index (χ3n) is 2.73. The average Bonchev–Trinajstić information content (AvgIpc) is 2.81. The van der Waals surface area contributed by atoms with Gasteiger partial charge in [0.05, 0.1) is 18.3 Å². The Morgan fingerprint density at radius 2 is 2.12 bits per heavy atom. The first-order valence-electron chi connectivity index (χ1n) is 5.52. The molecule has 0 fully saturated rings. The molecule has 1 aromatic carbocycles. The van der Waals surface area contributed by atoms with E-state index in [1.165, 1.54) is 10.9 Å². The van der Waals surface area contributed by atoms with Gasteiger partial charge >= 0.3 is 0 Å². The molecule has 2 aromatic heterocycles. The zero-order chi connectivity index (χ0) is 11.7. The minimum Gasteiger partial charge on any atom is -0.253 e. The second-order valence-electron chi connectivity index (χ2n) is 4.04. The molecule has 0 amide bonds. The van der Waals surface area contributed by atoms with Crippen molar-refractivity contribution in [2.45, 2.75) is 13.5 Å². The Kier molecular flexibility index (Phi) is 2.33. The van der Waals surface area contributed by atoms with E-state index >= 15 is 0 Å². The predicted molar refractivity (Wildman–Crippen MR) is 65.6 cm³/mol. The number of hydrogen-bond donors (Lipinski definition) is 0. The molecule has 0 spiro atoms. The van der Waals surface area contributed by atoms with Gasteiger partial charge < -0.3 is 0 Å². The van der Waals surface area contributed by atoms with Crippen LogP contribution in [0.1, 0.15) is 11.3 Å². The Labute approximate surface area is 98.9 Å². The molecular weight excluding hydrogens is 212 g/mol. The van der Waals surface area contributed by atoms with Crippen LogP contribution in [0.5, 0.6) is 0 Å². The van der Waals surface area contributed by atoms with Gasteiger partial charge in [-0.15, -0.1) is 5.10 Å². The van der Waals surface area contributed by atoms with E-state index in [2.05, 4.69) is 27.4 Å². The van der Waals surface area contributed by atoms with Crippen LogP contribution >= 0.6 is 0 Å². The maximum Gasteiger partial charge on any atom is 0.0708 e. The first-order chi connectivity index (χ1) is 8.33. The molecule has 0 unspecified atom stereocenters. The number of nitrogens with zero attached hydrogens (tertiary/aromatic N) is 4. The average molecular weight is 224 g/mol. The van der Waals surface area contributed by atoms with Gasteiger partial charge in [0, 0.05) is 17.3 Å². The third kappa shape index (κ3) is 1.89. The molecule has 0 bridgehead atoms. The van der Waals surface area contributed by atoms with Gasteiger partial charge in [0.1, 0.15) is 0 Å². The largest absolute Gasteiger partial charge is 0.253 e. The van der Waals surface area contributed by atoms with Gasteiger partial charge in [-0.25, -0.2) is 4.68 Å². The summed E-state index contributed by atoms with van der Waals surface area (Å²) < 4.78 is 1.82. The van der Waals surface area contributed by atoms with E-state index in [1.54, 1.807) is 6.20 Å². The van der Waals surface area contributed by atoms with E-state index in [1.807, 2.05) is 36.0 Å². The van der Waals surface area contributed by atoms with Crippen molar-refractivity contribution in [3.8, 4) is 0 Å². The van der Waals surface area contributed by atoms with Crippen molar-refractivity contribution < 1.29 is 0 Å². The van der Waals surface area contributed by atoms with Gasteiger partial charge in [0.25, 0.3) is 0 Å². The van der Waals surface area contributed by atoms with Crippen molar-refractivity contribution in [3.63, 3.8) is 0 Å². The summed E-state index contributed by atoms with van der Waals surface area (Å²) in [6, 6.07) is 10.3. The quantitative estimate of drug-likeness (QED) is 0.670. The first-order valence-corrected chi connectivity index (χ1v) is 5.52. The summed E-state index contributed by atoms with van der Waals surface area (Å²) in [5.74, 6) is 0. The normalized spacial score (nSPS) is 10.9. The zero-order valence-electron chi connectivity index (χ0n) is 9.54. The fourth-order valence-corrected chi connectivity index (χ4v) is 2.02. The summed E-state index contributed by atoms with van der Waals surface area (Å²) in [5, 5.41) is 8.99. The predicted octanol–water partition coefficient (Wildman–Crippen LogP) is 2.18. The van der Waals surface area contributed by atoms with Gasteiger partial charge in [-0.2, -0.15) is 0 Å². The highest BCUT2D eigenvalue weighted by molar-refractivity contribution is 5.82. The lowest BCUT2D eigenvalue weighted by Crippen LogP contribution is -2.02. The smallest absolute Gasteiger partial charge is 0.0708 e. The number of hydrogen-bond acceptors (Lipinski definition) is 3. The molecule has 0 saturated carbocycles. The van der Waals surface area contributed by atoms with Crippen LogP contribution in [0.15, 0.2) is 42.7 Å². The number of para-hydroxylation sites is 1. The Morgan fingerprint density at radius 3 is 2.94 bits per heavy atom. The molecule has 0 aliphatic carbocycles. The molecule has 4 heteroatoms. The van der Waals surface area contributed by atoms with Crippen LogP contribution in [0.3, 0.4) is 0 Å². The van der Waals surface area contributed by atoms with Gasteiger partial charge in [-0.3, -0.25) is 4.98 Å². The van der Waals surface area contributed by atoms with Crippen molar-refractivity contribution in [1.29, 1.82) is 0 Å². The second kappa shape index (κ2) is 3.97. The Hall–Kier alpha value is -2.23. The van der Waals surface area contributed by atoms with E-state index in [4.69, 9.17) is 0 Å². The minimum atomic E-state index is 0.726. The van der Waals surface area contributed by atoms with Gasteiger partial charge in [-0.05, 0) is 24.6 Å². The summed E-state index contributed by atoms with van der Waals surface area (Å²) in [5.41, 5.74) is 3.28. The van der Waals surface area contributed by atoms with E-state index in [-0.39, 0.29) is 0 Å². The topological polar surface area (TPSA) is 43.6 Å². The first kappa shape index (κ1) is 9.96. The summed E-state index contributed by atoms with van der Waals surface area (Å²) in [7, 11) is 0. The molecule has 0 saturated heterocycles. The van der Waals surface area contributed by atoms with E-state index in [0.29, 0.717) is 0 Å². The van der Waals surface area contributed by atoms with Crippen molar-refractivity contribution in [2.75, 3.05) is 0 Å². The van der Waals surface area contributed by atoms with Crippen LogP contribution < -0.4 is 0 Å². The highest BCUT2D eigenvalue weighted by atomic mass is 15.4. The van der Waals surface area contributed by atoms with Crippen molar-refractivity contribution in [2.24, 2.45) is 0 Å². The molecule has 0 N–H and O–H groups in total. The Morgan fingerprint density at radius 1 is 1.24 bits per heavy atom. The lowest BCUT2D eigenvalue weighted by atomic mass is 10.1. The lowest BCUT2D eigenvalue weighted by molar-refractivity contribution is 0.651. The summed E-state index contributed by atoms with van der Waals surface area (Å²) in [6.07, 6.45) is 3.56. The molecule has 2 heterocycles. The van der Waals surface area contributed by atoms with E-state index in [9.17, 15) is 0 Å². The fraction of sp³-hybridized carbons (Fsp3) is 0.154. The highest BCUT2D eigenvalue weighted by Crippen LogP contribution is 2.18. The van der Waals surface area contributed by atoms with Gasteiger partial charge in [0.15, 0.2) is 0 Å². The SMILES string of the molecule is Cc1cc(Cn2ccnn2)c2ccccc2n1. The Balaban J connectivity index is 2.14. The third-order valence-corrected chi connectivity index (χ3v) is 2.73. The minimum absolute atomic E-state index is 0.726. The summed E-state index contributed by atoms with van der Waals surface area (Å²) >= 11 is 0. The standard InChI is InChI=1S/C13H12N4/c1-10-8-11(9-17-7-6-14-16-17)12-4-2-3-5-13(12)15-10/h2-8H,9H2,1H3. The lowest BCUT2D eigenvalue weighted by Gasteiger charge is -2.07. The number of benzene rings is 1. The van der Waals surface area contributed by atoms with Crippen LogP contribution in [0, 0.1) is 6.92 Å². The number of aryl methyl sites for hydroxylation is 1. The molecule has 0 aliphatic rings. The maximum atomic E-state index is 4.52. The van der Waals surface area contributed by atoms with Gasteiger partial charge in [-0.1, -0.05) is 23.4 Å². The fourth-order valence-electron chi connectivity index (χ4n) is 2.02. The number of rotatable bonds is 2. The second-order valence-corrected chi connectivity index (χ2v) is 4.04. The van der Waals surface area contributed by atoms with Crippen LogP contribution in [-0.4, -0.2) is 20.0 Å². The molecule has 0 aliphatic heterocycles. The molecule has 3 aromatic rings. The van der Waals surface area contributed by atoms with Crippen LogP contribution in [-0.2, 0) is 6.54 Å². The molecule has 84 valence electrons. The van der Waals surface area contributed by atoms with Crippen molar-refractivity contribution in [3.05, 3.63) is 54.0 Å². The van der Waals surface area contributed by atoms with Crippen LogP contribution in [0.25, 0.3) is 10.9 Å². The van der Waals surface area contributed by atoms with E-state index < -0.39 is 0 Å². The summed E-state index contributed by atoms with van der Waals surface area (Å²) in [4.78, 5) is 4.52. The van der Waals surface area contributed by atoms with Crippen LogP contribution in [0.2, 0.25) is 0 Å².